The van der Waals surface area contributed by atoms with Crippen LogP contribution in [0.3, 0.4) is 0 Å². The molecule has 3 heteroatoms. The minimum Gasteiger partial charge on any atom is -0.334 e. The van der Waals surface area contributed by atoms with Crippen molar-refractivity contribution in [2.75, 3.05) is 5.32 Å². The van der Waals surface area contributed by atoms with Crippen LogP contribution in [0.25, 0.3) is 0 Å². The predicted octanol–water partition coefficient (Wildman–Crippen LogP) is 2.81. The highest BCUT2D eigenvalue weighted by Crippen LogP contribution is 2.04. The van der Waals surface area contributed by atoms with E-state index in [9.17, 15) is 4.79 Å². The second-order valence-corrected chi connectivity index (χ2v) is 3.59. The molecule has 3 nitrogen and oxygen atoms in total. The van der Waals surface area contributed by atoms with E-state index in [4.69, 9.17) is 0 Å². The third kappa shape index (κ3) is 3.65. The molecule has 0 aliphatic rings. The Hall–Kier alpha value is -2.29. The lowest BCUT2D eigenvalue weighted by Gasteiger charge is -2.07. The van der Waals surface area contributed by atoms with Crippen molar-refractivity contribution in [1.29, 1.82) is 0 Å². The van der Waals surface area contributed by atoms with Crippen LogP contribution in [0.15, 0.2) is 54.6 Å². The maximum atomic E-state index is 11.5. The van der Waals surface area contributed by atoms with E-state index in [1.807, 2.05) is 42.5 Å². The number of hydrogen-bond acceptors (Lipinski definition) is 1. The lowest BCUT2D eigenvalue weighted by molar-refractivity contribution is 0.251. The predicted molar refractivity (Wildman–Crippen MR) is 67.6 cm³/mol. The van der Waals surface area contributed by atoms with Crippen LogP contribution in [0.1, 0.15) is 5.56 Å². The van der Waals surface area contributed by atoms with Crippen LogP contribution in [0, 0.1) is 6.07 Å². The molecule has 0 atom stereocenters. The van der Waals surface area contributed by atoms with Gasteiger partial charge in [0.25, 0.3) is 0 Å². The van der Waals surface area contributed by atoms with Crippen LogP contribution in [-0.4, -0.2) is 6.03 Å². The first kappa shape index (κ1) is 11.2. The Kier molecular flexibility index (Phi) is 3.76. The number of rotatable bonds is 3. The van der Waals surface area contributed by atoms with Gasteiger partial charge in [-0.05, 0) is 23.8 Å². The van der Waals surface area contributed by atoms with Gasteiger partial charge in [-0.25, -0.2) is 4.79 Å². The summed E-state index contributed by atoms with van der Waals surface area (Å²) in [4.78, 5) is 11.5. The summed E-state index contributed by atoms with van der Waals surface area (Å²) in [6, 6.07) is 19.6. The van der Waals surface area contributed by atoms with E-state index in [1.165, 1.54) is 0 Å². The van der Waals surface area contributed by atoms with Crippen molar-refractivity contribution in [3.05, 3.63) is 66.2 Å². The zero-order valence-corrected chi connectivity index (χ0v) is 9.31. The summed E-state index contributed by atoms with van der Waals surface area (Å²) >= 11 is 0. The number of hydrogen-bond donors (Lipinski definition) is 2. The van der Waals surface area contributed by atoms with Gasteiger partial charge in [-0.1, -0.05) is 42.5 Å². The van der Waals surface area contributed by atoms with Crippen LogP contribution < -0.4 is 10.6 Å². The van der Waals surface area contributed by atoms with Crippen molar-refractivity contribution in [2.45, 2.75) is 6.54 Å². The topological polar surface area (TPSA) is 41.1 Å². The number of benzene rings is 2. The van der Waals surface area contributed by atoms with Gasteiger partial charge >= 0.3 is 6.03 Å². The maximum absolute atomic E-state index is 11.5. The van der Waals surface area contributed by atoms with Gasteiger partial charge in [0.1, 0.15) is 0 Å². The van der Waals surface area contributed by atoms with Crippen LogP contribution in [-0.2, 0) is 6.54 Å². The highest BCUT2D eigenvalue weighted by Gasteiger charge is 2.00. The summed E-state index contributed by atoms with van der Waals surface area (Å²) in [5.41, 5.74) is 1.81. The highest BCUT2D eigenvalue weighted by molar-refractivity contribution is 5.89. The fourth-order valence-electron chi connectivity index (χ4n) is 1.42. The molecule has 17 heavy (non-hydrogen) atoms. The molecule has 0 saturated heterocycles. The standard InChI is InChI=1S/C14H13N2O/c17-14(16-13-9-5-2-6-10-13)15-11-12-7-3-1-4-8-12/h1-5,7-10H,11H2,(H2,15,16,17). The molecule has 0 spiro atoms. The average Bonchev–Trinajstić information content (AvgIpc) is 2.39. The molecule has 85 valence electrons. The summed E-state index contributed by atoms with van der Waals surface area (Å²) in [5, 5.41) is 5.51. The summed E-state index contributed by atoms with van der Waals surface area (Å²) in [6.07, 6.45) is 0. The molecule has 0 aliphatic heterocycles. The summed E-state index contributed by atoms with van der Waals surface area (Å²) in [6.45, 7) is 0.517. The summed E-state index contributed by atoms with van der Waals surface area (Å²) in [5.74, 6) is 0. The van der Waals surface area contributed by atoms with E-state index in [2.05, 4.69) is 16.7 Å². The first-order chi connectivity index (χ1) is 8.34. The van der Waals surface area contributed by atoms with Crippen LogP contribution >= 0.6 is 0 Å². The molecule has 2 amide bonds. The van der Waals surface area contributed by atoms with Crippen molar-refractivity contribution in [2.24, 2.45) is 0 Å². The maximum Gasteiger partial charge on any atom is 0.319 e. The smallest absolute Gasteiger partial charge is 0.319 e. The van der Waals surface area contributed by atoms with Gasteiger partial charge in [0.2, 0.25) is 0 Å². The van der Waals surface area contributed by atoms with E-state index in [-0.39, 0.29) is 6.03 Å². The lowest BCUT2D eigenvalue weighted by Crippen LogP contribution is -2.28. The number of anilines is 1. The van der Waals surface area contributed by atoms with Crippen LogP contribution in [0.5, 0.6) is 0 Å². The van der Waals surface area contributed by atoms with Gasteiger partial charge in [-0.15, -0.1) is 0 Å². The number of urea groups is 1. The third-order valence-electron chi connectivity index (χ3n) is 2.26. The van der Waals surface area contributed by atoms with Gasteiger partial charge in [0, 0.05) is 12.2 Å². The van der Waals surface area contributed by atoms with Gasteiger partial charge < -0.3 is 10.6 Å². The highest BCUT2D eigenvalue weighted by atomic mass is 16.2. The van der Waals surface area contributed by atoms with Crippen molar-refractivity contribution >= 4 is 11.7 Å². The molecule has 0 heterocycles. The second kappa shape index (κ2) is 5.70. The molecule has 2 rings (SSSR count). The number of amides is 2. The first-order valence-corrected chi connectivity index (χ1v) is 5.39. The molecular formula is C14H13N2O. The number of nitrogens with one attached hydrogen (secondary N) is 2. The molecular weight excluding hydrogens is 212 g/mol. The monoisotopic (exact) mass is 225 g/mol. The van der Waals surface area contributed by atoms with E-state index in [0.29, 0.717) is 6.54 Å². The van der Waals surface area contributed by atoms with Crippen molar-refractivity contribution in [3.8, 4) is 0 Å². The molecule has 0 unspecified atom stereocenters. The van der Waals surface area contributed by atoms with E-state index < -0.39 is 0 Å². The quantitative estimate of drug-likeness (QED) is 0.828. The average molecular weight is 225 g/mol. The van der Waals surface area contributed by atoms with Gasteiger partial charge in [-0.3, -0.25) is 0 Å². The Bertz CT molecular complexity index is 468. The Morgan fingerprint density at radius 3 is 2.65 bits per heavy atom. The minimum atomic E-state index is -0.214. The van der Waals surface area contributed by atoms with E-state index in [0.717, 1.165) is 11.3 Å². The Labute approximate surface area is 100 Å². The third-order valence-corrected chi connectivity index (χ3v) is 2.26. The SMILES string of the molecule is O=C(NCc1ccccc1)Nc1c[c]ccc1. The second-order valence-electron chi connectivity index (χ2n) is 3.59. The molecule has 0 fully saturated rings. The largest absolute Gasteiger partial charge is 0.334 e. The van der Waals surface area contributed by atoms with E-state index in [1.54, 1.807) is 12.1 Å². The van der Waals surface area contributed by atoms with Crippen molar-refractivity contribution in [1.82, 2.24) is 5.32 Å². The molecule has 1 radical (unpaired) electrons. The lowest BCUT2D eigenvalue weighted by atomic mass is 10.2. The fraction of sp³-hybridized carbons (Fsp3) is 0.0714. The minimum absolute atomic E-state index is 0.214. The Balaban J connectivity index is 1.83. The van der Waals surface area contributed by atoms with Crippen molar-refractivity contribution in [3.63, 3.8) is 0 Å². The zero-order chi connectivity index (χ0) is 11.9. The Morgan fingerprint density at radius 2 is 1.94 bits per heavy atom. The molecule has 0 aromatic heterocycles. The molecule has 2 aromatic rings. The van der Waals surface area contributed by atoms with E-state index >= 15 is 0 Å². The number of carbonyl (C=O) groups excluding carboxylic acids is 1. The number of carbonyl (C=O) groups is 1. The summed E-state index contributed by atoms with van der Waals surface area (Å²) in [7, 11) is 0. The molecule has 2 N–H and O–H groups in total. The molecule has 0 aliphatic carbocycles. The molecule has 2 aromatic carbocycles. The zero-order valence-electron chi connectivity index (χ0n) is 9.31. The fourth-order valence-corrected chi connectivity index (χ4v) is 1.42. The van der Waals surface area contributed by atoms with Crippen molar-refractivity contribution < 1.29 is 4.79 Å². The van der Waals surface area contributed by atoms with Gasteiger partial charge in [-0.2, -0.15) is 0 Å². The first-order valence-electron chi connectivity index (χ1n) is 5.39. The normalized spacial score (nSPS) is 9.65. The van der Waals surface area contributed by atoms with Gasteiger partial charge in [0.15, 0.2) is 0 Å². The molecule has 0 saturated carbocycles. The van der Waals surface area contributed by atoms with Crippen LogP contribution in [0.4, 0.5) is 10.5 Å². The summed E-state index contributed by atoms with van der Waals surface area (Å²) < 4.78 is 0. The van der Waals surface area contributed by atoms with Crippen LogP contribution in [0.2, 0.25) is 0 Å². The van der Waals surface area contributed by atoms with Gasteiger partial charge in [0.05, 0.1) is 0 Å². The molecule has 0 bridgehead atoms. The Morgan fingerprint density at radius 1 is 1.12 bits per heavy atom.